The van der Waals surface area contributed by atoms with Gasteiger partial charge in [0, 0.05) is 121 Å². The summed E-state index contributed by atoms with van der Waals surface area (Å²) in [6, 6.07) is 20.1. The van der Waals surface area contributed by atoms with Crippen LogP contribution in [0.4, 0.5) is 11.4 Å². The lowest BCUT2D eigenvalue weighted by Gasteiger charge is -2.18. The van der Waals surface area contributed by atoms with Gasteiger partial charge in [0.1, 0.15) is 11.5 Å². The number of carbonyl (C=O) groups excluding carboxylic acids is 5. The van der Waals surface area contributed by atoms with Gasteiger partial charge < -0.3 is 28.7 Å². The predicted octanol–water partition coefficient (Wildman–Crippen LogP) is 7.10. The Balaban J connectivity index is 1.04. The van der Waals surface area contributed by atoms with Gasteiger partial charge in [0.25, 0.3) is 23.6 Å². The summed E-state index contributed by atoms with van der Waals surface area (Å²) in [6.45, 7) is 0.954. The number of hydrogen-bond donors (Lipinski definition) is 5. The predicted molar refractivity (Wildman–Crippen MR) is 265 cm³/mol. The largest absolute Gasteiger partial charge is 0.524 e. The number of halogens is 2. The van der Waals surface area contributed by atoms with Gasteiger partial charge in [-0.2, -0.15) is 0 Å². The van der Waals surface area contributed by atoms with E-state index < -0.39 is 27.5 Å². The first kappa shape index (κ1) is 50.3. The minimum absolute atomic E-state index is 0.104. The van der Waals surface area contributed by atoms with Crippen molar-refractivity contribution in [1.82, 2.24) is 14.8 Å². The number of fused-ring (bicyclic) bond motifs is 6. The second-order valence-electron chi connectivity index (χ2n) is 16.8. The van der Waals surface area contributed by atoms with Crippen LogP contribution in [0.3, 0.4) is 0 Å². The highest BCUT2D eigenvalue weighted by Gasteiger charge is 2.36. The monoisotopic (exact) mass is 1030 g/mol. The molecule has 8 rings (SSSR count). The number of nitrogens with one attached hydrogen (secondary N) is 1. The molecule has 4 aromatic carbocycles. The Hall–Kier alpha value is -6.07. The van der Waals surface area contributed by atoms with Gasteiger partial charge in [-0.15, -0.1) is 23.2 Å². The molecule has 0 saturated carbocycles. The second kappa shape index (κ2) is 21.1. The number of unbranched alkanes of at least 4 members (excludes halogenated alkanes) is 2. The lowest BCUT2D eigenvalue weighted by Crippen LogP contribution is -2.31. The third-order valence-electron chi connectivity index (χ3n) is 12.3. The van der Waals surface area contributed by atoms with Gasteiger partial charge >= 0.3 is 15.6 Å². The first-order valence-electron chi connectivity index (χ1n) is 22.2. The van der Waals surface area contributed by atoms with Crippen LogP contribution < -0.4 is 24.2 Å². The van der Waals surface area contributed by atoms with Crippen LogP contribution in [0.2, 0.25) is 0 Å². The summed E-state index contributed by atoms with van der Waals surface area (Å²) in [4.78, 5) is 108. The molecular formula is C48H47Cl2N5O13P2. The molecule has 4 heterocycles. The zero-order chi connectivity index (χ0) is 49.9. The van der Waals surface area contributed by atoms with Crippen LogP contribution in [0, 0.1) is 0 Å². The van der Waals surface area contributed by atoms with Crippen LogP contribution >= 0.6 is 38.8 Å². The Morgan fingerprint density at radius 2 is 1.11 bits per heavy atom. The van der Waals surface area contributed by atoms with E-state index in [0.717, 1.165) is 16.0 Å². The Kier molecular flexibility index (Phi) is 15.2. The average molecular weight is 1030 g/mol. The van der Waals surface area contributed by atoms with Gasteiger partial charge in [-0.05, 0) is 59.0 Å². The third kappa shape index (κ3) is 11.1. The molecule has 5 aromatic rings. The van der Waals surface area contributed by atoms with Crippen LogP contribution in [0.5, 0.6) is 11.5 Å². The molecule has 3 aliphatic heterocycles. The van der Waals surface area contributed by atoms with Gasteiger partial charge in [-0.25, -0.2) is 9.13 Å². The van der Waals surface area contributed by atoms with Crippen molar-refractivity contribution in [3.05, 3.63) is 120 Å². The van der Waals surface area contributed by atoms with E-state index >= 15 is 0 Å². The fourth-order valence-electron chi connectivity index (χ4n) is 9.22. The van der Waals surface area contributed by atoms with Crippen molar-refractivity contribution < 1.29 is 61.7 Å². The number of nitrogens with zero attached hydrogens (tertiary/aromatic N) is 4. The maximum Gasteiger partial charge on any atom is 0.524 e. The zero-order valence-electron chi connectivity index (χ0n) is 37.2. The standard InChI is InChI=1S/C48H47Cl2N5O13P2/c49-26-30-28-54(38-24-40(67-69(61,62)63)34-8-3-5-10-36(34)47(30)38)45(59)17-15-32-13-14-33(52(32)23-21-51-42(56)12-2-1-7-22-53-43(57)19-20-44(53)58)16-18-46(60)55-29-31(27-50)48-37-11-6-4-9-35(37)41(25-39(48)55)68-70(64,65)66/h3-6,8-11,13-20,24-25,30-31H,1-2,7,12,21-23,26-29H2,(H,51,56)(H2,61,62,63)(H2,64,65,66)/t30-,31?/m1/s1. The van der Waals surface area contributed by atoms with Crippen LogP contribution in [0.25, 0.3) is 33.7 Å². The van der Waals surface area contributed by atoms with Crippen molar-refractivity contribution in [3.8, 4) is 11.5 Å². The van der Waals surface area contributed by atoms with Gasteiger partial charge in [0.05, 0.1) is 11.4 Å². The highest BCUT2D eigenvalue weighted by molar-refractivity contribution is 7.47. The molecular weight excluding hydrogens is 987 g/mol. The van der Waals surface area contributed by atoms with E-state index in [1.165, 1.54) is 46.2 Å². The molecule has 1 aromatic heterocycles. The van der Waals surface area contributed by atoms with Crippen molar-refractivity contribution in [2.75, 3.05) is 47.7 Å². The number of alkyl halides is 2. The molecule has 366 valence electrons. The number of phosphoric acid groups is 2. The number of benzene rings is 4. The maximum atomic E-state index is 14.1. The molecule has 0 fully saturated rings. The molecule has 18 nitrogen and oxygen atoms in total. The average Bonchev–Trinajstić information content (AvgIpc) is 4.09. The Morgan fingerprint density at radius 3 is 1.56 bits per heavy atom. The smallest absolute Gasteiger partial charge is 0.404 e. The summed E-state index contributed by atoms with van der Waals surface area (Å²) < 4.78 is 35.9. The second-order valence-corrected chi connectivity index (χ2v) is 19.7. The molecule has 0 saturated heterocycles. The molecule has 3 aliphatic rings. The highest BCUT2D eigenvalue weighted by Crippen LogP contribution is 2.51. The van der Waals surface area contributed by atoms with Gasteiger partial charge in [-0.3, -0.25) is 48.4 Å². The van der Waals surface area contributed by atoms with Crippen molar-refractivity contribution in [1.29, 1.82) is 0 Å². The zero-order valence-corrected chi connectivity index (χ0v) is 40.5. The summed E-state index contributed by atoms with van der Waals surface area (Å²) in [5, 5.41) is 5.05. The Morgan fingerprint density at radius 1 is 0.657 bits per heavy atom. The molecule has 1 unspecified atom stereocenters. The summed E-state index contributed by atoms with van der Waals surface area (Å²) in [7, 11) is -9.98. The van der Waals surface area contributed by atoms with Crippen LogP contribution in [-0.4, -0.2) is 96.5 Å². The van der Waals surface area contributed by atoms with Crippen molar-refractivity contribution >= 4 is 113 Å². The van der Waals surface area contributed by atoms with Crippen LogP contribution in [0.1, 0.15) is 60.0 Å². The molecule has 0 bridgehead atoms. The first-order valence-corrected chi connectivity index (χ1v) is 26.3. The van der Waals surface area contributed by atoms with Crippen molar-refractivity contribution in [2.45, 2.75) is 44.1 Å². The van der Waals surface area contributed by atoms with Gasteiger partial charge in [0.2, 0.25) is 5.91 Å². The fourth-order valence-corrected chi connectivity index (χ4v) is 10.5. The molecule has 0 aliphatic carbocycles. The van der Waals surface area contributed by atoms with Crippen molar-refractivity contribution in [3.63, 3.8) is 0 Å². The lowest BCUT2D eigenvalue weighted by molar-refractivity contribution is -0.137. The summed E-state index contributed by atoms with van der Waals surface area (Å²) in [5.41, 5.74) is 3.26. The molecule has 2 atom stereocenters. The molecule has 70 heavy (non-hydrogen) atoms. The van der Waals surface area contributed by atoms with E-state index in [4.69, 9.17) is 32.2 Å². The van der Waals surface area contributed by atoms with Gasteiger partial charge in [-0.1, -0.05) is 55.0 Å². The number of carbonyl (C=O) groups is 5. The van der Waals surface area contributed by atoms with E-state index in [9.17, 15) is 52.7 Å². The lowest BCUT2D eigenvalue weighted by atomic mass is 9.95. The van der Waals surface area contributed by atoms with E-state index in [-0.39, 0.29) is 92.0 Å². The fraction of sp³-hybridized carbons (Fsp3) is 0.271. The number of aromatic nitrogens is 1. The molecule has 5 amide bonds. The molecule has 5 N–H and O–H groups in total. The number of imide groups is 1. The quantitative estimate of drug-likeness (QED) is 0.0182. The number of amides is 5. The number of anilines is 2. The SMILES string of the molecule is O=C(CCCCCN1C(=O)C=CC1=O)NCCn1c(C=CC(=O)N2CC(CCl)c3c2cc(OP(=O)(O)O)c2ccccc32)ccc1C=CC(=O)N1C[C@@H](CCl)c2c1cc(OP(=O)(O)O)c1ccccc21. The van der Waals surface area contributed by atoms with E-state index in [2.05, 4.69) is 5.32 Å². The first-order chi connectivity index (χ1) is 33.4. The normalized spacial score (nSPS) is 16.9. The summed E-state index contributed by atoms with van der Waals surface area (Å²) in [5.74, 6) is -2.41. The number of phosphoric ester groups is 2. The number of rotatable bonds is 19. The van der Waals surface area contributed by atoms with E-state index in [1.54, 1.807) is 77.4 Å². The summed E-state index contributed by atoms with van der Waals surface area (Å²) >= 11 is 12.9. The maximum absolute atomic E-state index is 14.1. The van der Waals surface area contributed by atoms with Crippen molar-refractivity contribution in [2.24, 2.45) is 0 Å². The molecule has 0 spiro atoms. The van der Waals surface area contributed by atoms with E-state index in [0.29, 0.717) is 63.6 Å². The topological polar surface area (TPSA) is 246 Å². The third-order valence-corrected chi connectivity index (χ3v) is 13.9. The molecule has 0 radical (unpaired) electrons. The Bertz CT molecular complexity index is 2920. The highest BCUT2D eigenvalue weighted by atomic mass is 35.5. The molecule has 22 heteroatoms. The van der Waals surface area contributed by atoms with Crippen LogP contribution in [-0.2, 0) is 39.6 Å². The minimum atomic E-state index is -4.99. The Labute approximate surface area is 411 Å². The van der Waals surface area contributed by atoms with E-state index in [1.807, 2.05) is 0 Å². The van der Waals surface area contributed by atoms with Gasteiger partial charge in [0.15, 0.2) is 0 Å². The number of hydrogen-bond acceptors (Lipinski definition) is 9. The minimum Gasteiger partial charge on any atom is -0.404 e. The van der Waals surface area contributed by atoms with Crippen LogP contribution in [0.15, 0.2) is 97.1 Å². The summed E-state index contributed by atoms with van der Waals surface area (Å²) in [6.07, 6.45) is 10.2.